The first-order valence-corrected chi connectivity index (χ1v) is 13.4. The minimum absolute atomic E-state index is 0.126. The highest BCUT2D eigenvalue weighted by Gasteiger charge is 2.21. The highest BCUT2D eigenvalue weighted by molar-refractivity contribution is 9.10. The van der Waals surface area contributed by atoms with Crippen molar-refractivity contribution in [3.05, 3.63) is 126 Å². The summed E-state index contributed by atoms with van der Waals surface area (Å²) in [5.41, 5.74) is 4.99. The van der Waals surface area contributed by atoms with Gasteiger partial charge in [0, 0.05) is 54.2 Å². The SMILES string of the molecule is O=C(Oc1ccc(Br)cc1C=NNC(=O)c1[nH]c2ccc(Cl)cc2c1-c1ccccc1Cl)c1ccc([N+](=O)[O-])cc1. The fraction of sp³-hybridized carbons (Fsp3) is 0. The molecule has 5 aromatic rings. The van der Waals surface area contributed by atoms with Gasteiger partial charge in [-0.3, -0.25) is 14.9 Å². The van der Waals surface area contributed by atoms with Crippen molar-refractivity contribution >= 4 is 73.8 Å². The Morgan fingerprint density at radius 3 is 2.49 bits per heavy atom. The van der Waals surface area contributed by atoms with Gasteiger partial charge >= 0.3 is 5.97 Å². The summed E-state index contributed by atoms with van der Waals surface area (Å²) in [6.07, 6.45) is 1.33. The number of benzene rings is 4. The van der Waals surface area contributed by atoms with E-state index in [2.05, 4.69) is 31.4 Å². The molecule has 0 saturated heterocycles. The second-order valence-electron chi connectivity index (χ2n) is 8.62. The second kappa shape index (κ2) is 11.9. The highest BCUT2D eigenvalue weighted by Crippen LogP contribution is 2.37. The van der Waals surface area contributed by atoms with E-state index < -0.39 is 16.8 Å². The van der Waals surface area contributed by atoms with Gasteiger partial charge in [0.15, 0.2) is 0 Å². The average Bonchev–Trinajstić information content (AvgIpc) is 3.33. The lowest BCUT2D eigenvalue weighted by molar-refractivity contribution is -0.384. The van der Waals surface area contributed by atoms with Gasteiger partial charge in [-0.15, -0.1) is 0 Å². The molecule has 0 aliphatic carbocycles. The van der Waals surface area contributed by atoms with Gasteiger partial charge in [0.25, 0.3) is 11.6 Å². The minimum atomic E-state index is -0.720. The maximum absolute atomic E-state index is 13.3. The van der Waals surface area contributed by atoms with E-state index in [1.54, 1.807) is 54.6 Å². The summed E-state index contributed by atoms with van der Waals surface area (Å²) < 4.78 is 6.18. The topological polar surface area (TPSA) is 127 Å². The monoisotopic (exact) mass is 650 g/mol. The Morgan fingerprint density at radius 1 is 1.00 bits per heavy atom. The predicted molar refractivity (Wildman–Crippen MR) is 161 cm³/mol. The van der Waals surface area contributed by atoms with Crippen LogP contribution in [0.15, 0.2) is 94.5 Å². The molecule has 2 N–H and O–H groups in total. The zero-order valence-electron chi connectivity index (χ0n) is 20.7. The van der Waals surface area contributed by atoms with Crippen molar-refractivity contribution in [2.24, 2.45) is 5.10 Å². The Morgan fingerprint density at radius 2 is 1.76 bits per heavy atom. The van der Waals surface area contributed by atoms with Crippen LogP contribution in [0.5, 0.6) is 5.75 Å². The molecular weight excluding hydrogens is 635 g/mol. The van der Waals surface area contributed by atoms with Gasteiger partial charge < -0.3 is 9.72 Å². The number of ether oxygens (including phenoxy) is 1. The number of hydrogen-bond acceptors (Lipinski definition) is 6. The first-order chi connectivity index (χ1) is 19.7. The molecule has 0 spiro atoms. The van der Waals surface area contributed by atoms with E-state index in [1.165, 1.54) is 30.5 Å². The Hall–Kier alpha value is -4.51. The average molecular weight is 652 g/mol. The van der Waals surface area contributed by atoms with Crippen molar-refractivity contribution in [1.82, 2.24) is 10.4 Å². The van der Waals surface area contributed by atoms with Crippen LogP contribution in [-0.2, 0) is 0 Å². The number of amides is 1. The van der Waals surface area contributed by atoms with Gasteiger partial charge in [-0.05, 0) is 54.6 Å². The lowest BCUT2D eigenvalue weighted by atomic mass is 10.0. The van der Waals surface area contributed by atoms with Crippen LogP contribution in [0.4, 0.5) is 5.69 Å². The number of nitrogens with one attached hydrogen (secondary N) is 2. The molecular formula is C29H17BrCl2N4O5. The Balaban J connectivity index is 1.41. The van der Waals surface area contributed by atoms with E-state index in [1.807, 2.05) is 6.07 Å². The van der Waals surface area contributed by atoms with Crippen LogP contribution in [0.2, 0.25) is 10.0 Å². The molecule has 5 rings (SSSR count). The molecule has 0 radical (unpaired) electrons. The van der Waals surface area contributed by atoms with Crippen molar-refractivity contribution in [2.75, 3.05) is 0 Å². The molecule has 4 aromatic carbocycles. The number of hydrazone groups is 1. The molecule has 204 valence electrons. The summed E-state index contributed by atoms with van der Waals surface area (Å²) in [6, 6.07) is 22.3. The first kappa shape index (κ1) is 28.0. The number of aromatic amines is 1. The standard InChI is InChI=1S/C29H17BrCl2N4O5/c30-18-7-12-25(41-29(38)16-5-9-20(10-6-16)36(39)40)17(13-18)15-33-35-28(37)27-26(21-3-1-2-4-23(21)32)22-14-19(31)8-11-24(22)34-27/h1-15,34H,(H,35,37). The summed E-state index contributed by atoms with van der Waals surface area (Å²) >= 11 is 16.1. The fourth-order valence-electron chi connectivity index (χ4n) is 4.09. The number of aromatic nitrogens is 1. The zero-order chi connectivity index (χ0) is 29.1. The quantitative estimate of drug-likeness (QED) is 0.0610. The number of esters is 1. The van der Waals surface area contributed by atoms with Crippen LogP contribution >= 0.6 is 39.1 Å². The van der Waals surface area contributed by atoms with E-state index in [0.29, 0.717) is 42.1 Å². The summed E-state index contributed by atoms with van der Waals surface area (Å²) in [6.45, 7) is 0. The van der Waals surface area contributed by atoms with Crippen LogP contribution < -0.4 is 10.2 Å². The maximum atomic E-state index is 13.3. The molecule has 0 aliphatic heterocycles. The van der Waals surface area contributed by atoms with Crippen molar-refractivity contribution in [3.63, 3.8) is 0 Å². The summed E-state index contributed by atoms with van der Waals surface area (Å²) in [4.78, 5) is 39.4. The largest absolute Gasteiger partial charge is 0.422 e. The molecule has 0 atom stereocenters. The molecule has 0 bridgehead atoms. The number of nitrogens with zero attached hydrogens (tertiary/aromatic N) is 2. The molecule has 0 saturated carbocycles. The number of H-pyrrole nitrogens is 1. The lowest BCUT2D eigenvalue weighted by Crippen LogP contribution is -2.19. The van der Waals surface area contributed by atoms with E-state index in [9.17, 15) is 19.7 Å². The third-order valence-electron chi connectivity index (χ3n) is 5.99. The van der Waals surface area contributed by atoms with Crippen LogP contribution in [0.1, 0.15) is 26.4 Å². The third-order valence-corrected chi connectivity index (χ3v) is 7.05. The second-order valence-corrected chi connectivity index (χ2v) is 10.4. The number of halogens is 3. The normalized spacial score (nSPS) is 11.1. The molecule has 1 aromatic heterocycles. The molecule has 0 fully saturated rings. The van der Waals surface area contributed by atoms with E-state index in [0.717, 1.165) is 0 Å². The van der Waals surface area contributed by atoms with Crippen LogP contribution in [0.3, 0.4) is 0 Å². The van der Waals surface area contributed by atoms with Crippen LogP contribution in [0.25, 0.3) is 22.0 Å². The van der Waals surface area contributed by atoms with Gasteiger partial charge in [-0.1, -0.05) is 57.3 Å². The molecule has 1 heterocycles. The summed E-state index contributed by atoms with van der Waals surface area (Å²) in [5.74, 6) is -1.10. The number of carbonyl (C=O) groups excluding carboxylic acids is 2. The van der Waals surface area contributed by atoms with Gasteiger partial charge in [0.1, 0.15) is 11.4 Å². The van der Waals surface area contributed by atoms with E-state index in [-0.39, 0.29) is 22.7 Å². The Kier molecular flexibility index (Phi) is 8.16. The fourth-order valence-corrected chi connectivity index (χ4v) is 4.87. The van der Waals surface area contributed by atoms with E-state index in [4.69, 9.17) is 27.9 Å². The minimum Gasteiger partial charge on any atom is -0.422 e. The molecule has 1 amide bonds. The number of carbonyl (C=O) groups is 2. The number of fused-ring (bicyclic) bond motifs is 1. The highest BCUT2D eigenvalue weighted by atomic mass is 79.9. The van der Waals surface area contributed by atoms with Crippen molar-refractivity contribution in [2.45, 2.75) is 0 Å². The Bertz CT molecular complexity index is 1850. The third kappa shape index (κ3) is 6.14. The summed E-state index contributed by atoms with van der Waals surface area (Å²) in [5, 5.41) is 16.6. The molecule has 41 heavy (non-hydrogen) atoms. The van der Waals surface area contributed by atoms with Crippen LogP contribution in [0, 0.1) is 10.1 Å². The van der Waals surface area contributed by atoms with Crippen molar-refractivity contribution in [1.29, 1.82) is 0 Å². The number of hydrogen-bond donors (Lipinski definition) is 2. The number of nitro benzene ring substituents is 1. The van der Waals surface area contributed by atoms with Gasteiger partial charge in [0.05, 0.1) is 16.7 Å². The summed E-state index contributed by atoms with van der Waals surface area (Å²) in [7, 11) is 0. The Labute approximate surface area is 251 Å². The molecule has 12 heteroatoms. The first-order valence-electron chi connectivity index (χ1n) is 11.9. The predicted octanol–water partition coefficient (Wildman–Crippen LogP) is 7.80. The van der Waals surface area contributed by atoms with Gasteiger partial charge in [-0.2, -0.15) is 5.10 Å². The van der Waals surface area contributed by atoms with Crippen LogP contribution in [-0.4, -0.2) is 28.0 Å². The molecule has 9 nitrogen and oxygen atoms in total. The number of nitro groups is 1. The molecule has 0 unspecified atom stereocenters. The smallest absolute Gasteiger partial charge is 0.343 e. The maximum Gasteiger partial charge on any atom is 0.343 e. The van der Waals surface area contributed by atoms with Gasteiger partial charge in [-0.25, -0.2) is 10.2 Å². The number of rotatable bonds is 7. The van der Waals surface area contributed by atoms with Crippen molar-refractivity contribution in [3.8, 4) is 16.9 Å². The zero-order valence-corrected chi connectivity index (χ0v) is 23.8. The van der Waals surface area contributed by atoms with Gasteiger partial charge in [0.2, 0.25) is 0 Å². The number of non-ortho nitro benzene ring substituents is 1. The molecule has 0 aliphatic rings. The van der Waals surface area contributed by atoms with Crippen molar-refractivity contribution < 1.29 is 19.2 Å². The lowest BCUT2D eigenvalue weighted by Gasteiger charge is -2.08. The van der Waals surface area contributed by atoms with E-state index >= 15 is 0 Å².